The van der Waals surface area contributed by atoms with E-state index < -0.39 is 18.0 Å². The van der Waals surface area contributed by atoms with Crippen molar-refractivity contribution >= 4 is 56.5 Å². The molecule has 1 saturated heterocycles. The molecule has 4 aromatic rings. The Morgan fingerprint density at radius 2 is 1.83 bits per heavy atom. The molecule has 2 aromatic heterocycles. The highest BCUT2D eigenvalue weighted by molar-refractivity contribution is 7.21. The molecule has 1 atom stereocenters. The van der Waals surface area contributed by atoms with E-state index in [2.05, 4.69) is 20.9 Å². The van der Waals surface area contributed by atoms with Gasteiger partial charge in [-0.05, 0) is 55.3 Å². The van der Waals surface area contributed by atoms with Crippen LogP contribution in [0.5, 0.6) is 11.5 Å². The number of carbonyl (C=O) groups excluding carboxylic acids is 3. The van der Waals surface area contributed by atoms with E-state index in [1.54, 1.807) is 41.4 Å². The van der Waals surface area contributed by atoms with Crippen LogP contribution < -0.4 is 25.6 Å². The number of ether oxygens (including phenoxy) is 1. The third-order valence-corrected chi connectivity index (χ3v) is 7.21. The van der Waals surface area contributed by atoms with E-state index in [0.29, 0.717) is 50.9 Å². The summed E-state index contributed by atoms with van der Waals surface area (Å²) in [7, 11) is 0. The van der Waals surface area contributed by atoms with E-state index in [1.807, 2.05) is 30.3 Å². The SMILES string of the molecule is O=C(NC1CCCNC1=O)c1sc2nccc3c2c1NC(=O)N3c1ccc(Oc2ccccc2)cc1. The fourth-order valence-corrected chi connectivity index (χ4v) is 5.44. The Kier molecular flexibility index (Phi) is 5.49. The van der Waals surface area contributed by atoms with Crippen LogP contribution in [-0.2, 0) is 4.79 Å². The van der Waals surface area contributed by atoms with Crippen molar-refractivity contribution in [2.24, 2.45) is 0 Å². The number of pyridine rings is 1. The van der Waals surface area contributed by atoms with Crippen LogP contribution >= 0.6 is 11.3 Å². The fourth-order valence-electron chi connectivity index (χ4n) is 4.42. The predicted molar refractivity (Wildman–Crippen MR) is 137 cm³/mol. The Hall–Kier alpha value is -4.44. The molecule has 0 saturated carbocycles. The van der Waals surface area contributed by atoms with Crippen molar-refractivity contribution in [2.45, 2.75) is 18.9 Å². The summed E-state index contributed by atoms with van der Waals surface area (Å²) < 4.78 is 5.86. The van der Waals surface area contributed by atoms with Gasteiger partial charge in [-0.1, -0.05) is 18.2 Å². The van der Waals surface area contributed by atoms with Crippen molar-refractivity contribution in [2.75, 3.05) is 16.8 Å². The van der Waals surface area contributed by atoms with E-state index in [-0.39, 0.29) is 5.91 Å². The summed E-state index contributed by atoms with van der Waals surface area (Å²) in [4.78, 5) is 45.4. The molecule has 1 fully saturated rings. The first-order valence-corrected chi connectivity index (χ1v) is 12.3. The van der Waals surface area contributed by atoms with Gasteiger partial charge in [-0.2, -0.15) is 0 Å². The Balaban J connectivity index is 1.31. The van der Waals surface area contributed by atoms with Crippen molar-refractivity contribution in [3.63, 3.8) is 0 Å². The zero-order chi connectivity index (χ0) is 24.6. The van der Waals surface area contributed by atoms with Gasteiger partial charge in [0.2, 0.25) is 5.91 Å². The molecule has 10 heteroatoms. The van der Waals surface area contributed by atoms with Crippen LogP contribution in [-0.4, -0.2) is 35.4 Å². The number of carbonyl (C=O) groups is 3. The molecular weight excluding hydrogens is 478 g/mol. The molecule has 0 bridgehead atoms. The van der Waals surface area contributed by atoms with Gasteiger partial charge in [0.25, 0.3) is 5.91 Å². The van der Waals surface area contributed by atoms with Gasteiger partial charge < -0.3 is 20.7 Å². The number of benzene rings is 2. The summed E-state index contributed by atoms with van der Waals surface area (Å²) in [5, 5.41) is 9.12. The molecule has 3 N–H and O–H groups in total. The molecule has 4 amide bonds. The monoisotopic (exact) mass is 499 g/mol. The zero-order valence-corrected chi connectivity index (χ0v) is 19.8. The minimum Gasteiger partial charge on any atom is -0.457 e. The third-order valence-electron chi connectivity index (χ3n) is 6.12. The lowest BCUT2D eigenvalue weighted by Gasteiger charge is -2.28. The number of anilines is 3. The molecule has 0 radical (unpaired) electrons. The van der Waals surface area contributed by atoms with E-state index in [9.17, 15) is 14.4 Å². The standard InChI is InChI=1S/C26H21N5O4S/c32-23-18(7-4-13-27-23)29-24(33)22-21-20-19(12-14-28-25(20)36-22)31(26(34)30-21)15-8-10-17(11-9-15)35-16-5-2-1-3-6-16/h1-3,5-6,8-12,14,18H,4,7,13H2,(H,27,32)(H,29,33)(H,30,34). The number of thiophene rings is 1. The molecule has 2 aromatic carbocycles. The van der Waals surface area contributed by atoms with Crippen LogP contribution in [0.25, 0.3) is 10.2 Å². The third kappa shape index (κ3) is 3.91. The van der Waals surface area contributed by atoms with Gasteiger partial charge in [0.05, 0.1) is 22.4 Å². The van der Waals surface area contributed by atoms with E-state index in [0.717, 1.165) is 12.2 Å². The second kappa shape index (κ2) is 8.97. The number of para-hydroxylation sites is 1. The van der Waals surface area contributed by atoms with E-state index in [4.69, 9.17) is 4.74 Å². The van der Waals surface area contributed by atoms with Gasteiger partial charge in [-0.3, -0.25) is 14.5 Å². The molecule has 180 valence electrons. The van der Waals surface area contributed by atoms with Gasteiger partial charge >= 0.3 is 6.03 Å². The Morgan fingerprint density at radius 1 is 1.06 bits per heavy atom. The predicted octanol–water partition coefficient (Wildman–Crippen LogP) is 4.78. The molecule has 1 unspecified atom stereocenters. The maximum atomic E-state index is 13.3. The van der Waals surface area contributed by atoms with Crippen molar-refractivity contribution < 1.29 is 19.1 Å². The van der Waals surface area contributed by atoms with Crippen LogP contribution in [0.4, 0.5) is 21.9 Å². The van der Waals surface area contributed by atoms with Crippen molar-refractivity contribution in [1.29, 1.82) is 0 Å². The maximum Gasteiger partial charge on any atom is 0.331 e. The normalized spacial score (nSPS) is 16.9. The molecule has 2 aliphatic heterocycles. The Morgan fingerprint density at radius 3 is 2.61 bits per heavy atom. The summed E-state index contributed by atoms with van der Waals surface area (Å²) in [6.07, 6.45) is 2.99. The topological polar surface area (TPSA) is 113 Å². The summed E-state index contributed by atoms with van der Waals surface area (Å²) >= 11 is 1.19. The van der Waals surface area contributed by atoms with Gasteiger partial charge in [0.15, 0.2) is 0 Å². The lowest BCUT2D eigenvalue weighted by Crippen LogP contribution is -2.50. The van der Waals surface area contributed by atoms with Gasteiger partial charge in [0.1, 0.15) is 27.2 Å². The fraction of sp³-hybridized carbons (Fsp3) is 0.154. The van der Waals surface area contributed by atoms with Gasteiger partial charge in [0, 0.05) is 12.7 Å². The zero-order valence-electron chi connectivity index (χ0n) is 19.0. The van der Waals surface area contributed by atoms with Crippen LogP contribution in [0.1, 0.15) is 22.5 Å². The van der Waals surface area contributed by atoms with Crippen molar-refractivity contribution in [3.05, 3.63) is 71.7 Å². The highest BCUT2D eigenvalue weighted by Crippen LogP contribution is 2.45. The quantitative estimate of drug-likeness (QED) is 0.366. The second-order valence-electron chi connectivity index (χ2n) is 8.45. The smallest absolute Gasteiger partial charge is 0.331 e. The number of urea groups is 1. The van der Waals surface area contributed by atoms with Crippen LogP contribution in [0.3, 0.4) is 0 Å². The molecule has 9 nitrogen and oxygen atoms in total. The number of nitrogens with zero attached hydrogens (tertiary/aromatic N) is 2. The first-order chi connectivity index (χ1) is 17.6. The average molecular weight is 500 g/mol. The number of piperidine rings is 1. The van der Waals surface area contributed by atoms with E-state index in [1.165, 1.54) is 11.3 Å². The second-order valence-corrected chi connectivity index (χ2v) is 9.45. The highest BCUT2D eigenvalue weighted by Gasteiger charge is 2.34. The average Bonchev–Trinajstić information content (AvgIpc) is 3.26. The number of hydrogen-bond acceptors (Lipinski definition) is 6. The molecule has 0 spiro atoms. The minimum absolute atomic E-state index is 0.196. The van der Waals surface area contributed by atoms with Crippen LogP contribution in [0, 0.1) is 0 Å². The van der Waals surface area contributed by atoms with Crippen LogP contribution in [0.15, 0.2) is 66.9 Å². The van der Waals surface area contributed by atoms with E-state index >= 15 is 0 Å². The number of nitrogens with one attached hydrogen (secondary N) is 3. The molecule has 6 rings (SSSR count). The maximum absolute atomic E-state index is 13.3. The molecular formula is C26H21N5O4S. The number of aromatic nitrogens is 1. The first-order valence-electron chi connectivity index (χ1n) is 11.5. The summed E-state index contributed by atoms with van der Waals surface area (Å²) in [6.45, 7) is 0.609. The molecule has 0 aliphatic carbocycles. The minimum atomic E-state index is -0.594. The highest BCUT2D eigenvalue weighted by atomic mass is 32.1. The summed E-state index contributed by atoms with van der Waals surface area (Å²) in [6, 6.07) is 17.4. The number of amides is 4. The largest absolute Gasteiger partial charge is 0.457 e. The Labute approximate surface area is 210 Å². The molecule has 2 aliphatic rings. The number of rotatable bonds is 5. The molecule has 4 heterocycles. The Bertz CT molecular complexity index is 1490. The van der Waals surface area contributed by atoms with Crippen molar-refractivity contribution in [1.82, 2.24) is 15.6 Å². The molecule has 36 heavy (non-hydrogen) atoms. The lowest BCUT2D eigenvalue weighted by molar-refractivity contribution is -0.124. The lowest BCUT2D eigenvalue weighted by atomic mass is 10.1. The van der Waals surface area contributed by atoms with Crippen molar-refractivity contribution in [3.8, 4) is 11.5 Å². The number of hydrogen-bond donors (Lipinski definition) is 3. The van der Waals surface area contributed by atoms with Gasteiger partial charge in [-0.15, -0.1) is 11.3 Å². The summed E-state index contributed by atoms with van der Waals surface area (Å²) in [5.41, 5.74) is 1.68. The van der Waals surface area contributed by atoms with Crippen LogP contribution in [0.2, 0.25) is 0 Å². The first kappa shape index (κ1) is 22.1. The van der Waals surface area contributed by atoms with Gasteiger partial charge in [-0.25, -0.2) is 9.78 Å². The summed E-state index contributed by atoms with van der Waals surface area (Å²) in [5.74, 6) is 0.760.